The second-order valence-electron chi connectivity index (χ2n) is 4.43. The Labute approximate surface area is 137 Å². The largest absolute Gasteiger partial charge is 0.354 e. The molecule has 0 aromatic carbocycles. The van der Waals surface area contributed by atoms with Crippen molar-refractivity contribution in [2.75, 3.05) is 18.8 Å². The van der Waals surface area contributed by atoms with Gasteiger partial charge in [0.25, 0.3) is 5.91 Å². The number of carbonyl (C=O) groups is 2. The van der Waals surface area contributed by atoms with E-state index in [2.05, 4.69) is 15.6 Å². The molecule has 0 aliphatic rings. The van der Waals surface area contributed by atoms with Gasteiger partial charge in [-0.05, 0) is 29.1 Å². The molecule has 0 bridgehead atoms. The number of thiophene rings is 1. The van der Waals surface area contributed by atoms with Crippen LogP contribution < -0.4 is 10.6 Å². The predicted octanol–water partition coefficient (Wildman–Crippen LogP) is 1.92. The minimum Gasteiger partial charge on any atom is -0.354 e. The van der Waals surface area contributed by atoms with Gasteiger partial charge in [-0.2, -0.15) is 0 Å². The Morgan fingerprint density at radius 2 is 1.91 bits per heavy atom. The summed E-state index contributed by atoms with van der Waals surface area (Å²) in [6.45, 7) is 0.864. The maximum absolute atomic E-state index is 11.7. The summed E-state index contributed by atoms with van der Waals surface area (Å²) in [5.74, 6) is 1.06. The van der Waals surface area contributed by atoms with Crippen molar-refractivity contribution < 1.29 is 9.59 Å². The Morgan fingerprint density at radius 1 is 1.14 bits per heavy atom. The smallest absolute Gasteiger partial charge is 0.261 e. The molecule has 0 radical (unpaired) electrons. The van der Waals surface area contributed by atoms with Crippen molar-refractivity contribution >= 4 is 34.9 Å². The van der Waals surface area contributed by atoms with Crippen molar-refractivity contribution in [1.29, 1.82) is 0 Å². The number of hydrogen-bond acceptors (Lipinski definition) is 5. The number of nitrogens with one attached hydrogen (secondary N) is 2. The zero-order valence-corrected chi connectivity index (χ0v) is 13.6. The minimum atomic E-state index is -0.101. The number of thioether (sulfide) groups is 1. The van der Waals surface area contributed by atoms with Crippen molar-refractivity contribution in [1.82, 2.24) is 15.6 Å². The van der Waals surface area contributed by atoms with Gasteiger partial charge in [0.2, 0.25) is 5.91 Å². The molecule has 7 heteroatoms. The molecule has 0 atom stereocenters. The summed E-state index contributed by atoms with van der Waals surface area (Å²) >= 11 is 2.95. The van der Waals surface area contributed by atoms with Gasteiger partial charge in [0, 0.05) is 31.2 Å². The molecule has 2 rings (SSSR count). The average molecular weight is 335 g/mol. The zero-order chi connectivity index (χ0) is 15.6. The number of hydrogen-bond donors (Lipinski definition) is 2. The average Bonchev–Trinajstić information content (AvgIpc) is 3.07. The molecular formula is C15H17N3O2S2. The highest BCUT2D eigenvalue weighted by molar-refractivity contribution is 7.99. The first-order chi connectivity index (χ1) is 10.8. The van der Waals surface area contributed by atoms with E-state index in [1.807, 2.05) is 23.6 Å². The molecule has 0 fully saturated rings. The molecule has 2 heterocycles. The predicted molar refractivity (Wildman–Crippen MR) is 90.1 cm³/mol. The Hall–Kier alpha value is -1.86. The number of amides is 2. The Kier molecular flexibility index (Phi) is 6.92. The van der Waals surface area contributed by atoms with Crippen LogP contribution in [0.4, 0.5) is 0 Å². The quantitative estimate of drug-likeness (QED) is 0.723. The Balaban J connectivity index is 1.53. The van der Waals surface area contributed by atoms with Gasteiger partial charge >= 0.3 is 0 Å². The molecule has 0 saturated heterocycles. The van der Waals surface area contributed by atoms with E-state index in [0.29, 0.717) is 23.7 Å². The fourth-order valence-corrected chi connectivity index (χ4v) is 3.12. The van der Waals surface area contributed by atoms with Crippen LogP contribution in [0.5, 0.6) is 0 Å². The minimum absolute atomic E-state index is 0.0237. The zero-order valence-electron chi connectivity index (χ0n) is 12.0. The van der Waals surface area contributed by atoms with Crippen molar-refractivity contribution in [2.45, 2.75) is 5.75 Å². The van der Waals surface area contributed by atoms with E-state index in [1.54, 1.807) is 30.2 Å². The normalized spacial score (nSPS) is 10.2. The van der Waals surface area contributed by atoms with E-state index < -0.39 is 0 Å². The van der Waals surface area contributed by atoms with Crippen LogP contribution in [0, 0.1) is 0 Å². The lowest BCUT2D eigenvalue weighted by Crippen LogP contribution is -2.35. The summed E-state index contributed by atoms with van der Waals surface area (Å²) in [5.41, 5.74) is 1.15. The monoisotopic (exact) mass is 335 g/mol. The molecule has 116 valence electrons. The first-order valence-corrected chi connectivity index (χ1v) is 8.84. The van der Waals surface area contributed by atoms with E-state index in [9.17, 15) is 9.59 Å². The van der Waals surface area contributed by atoms with Crippen LogP contribution in [-0.4, -0.2) is 35.6 Å². The lowest BCUT2D eigenvalue weighted by atomic mass is 10.3. The van der Waals surface area contributed by atoms with Crippen molar-refractivity contribution in [3.8, 4) is 0 Å². The van der Waals surface area contributed by atoms with E-state index in [-0.39, 0.29) is 11.8 Å². The summed E-state index contributed by atoms with van der Waals surface area (Å²) in [6.07, 6.45) is 3.48. The van der Waals surface area contributed by atoms with Crippen LogP contribution in [0.15, 0.2) is 42.0 Å². The summed E-state index contributed by atoms with van der Waals surface area (Å²) in [7, 11) is 0. The summed E-state index contributed by atoms with van der Waals surface area (Å²) in [6, 6.07) is 7.48. The third-order valence-corrected chi connectivity index (χ3v) is 4.60. The van der Waals surface area contributed by atoms with Gasteiger partial charge in [0.15, 0.2) is 0 Å². The molecule has 2 aromatic rings. The lowest BCUT2D eigenvalue weighted by Gasteiger charge is -2.06. The van der Waals surface area contributed by atoms with Crippen LogP contribution in [0.25, 0.3) is 0 Å². The maximum Gasteiger partial charge on any atom is 0.261 e. The molecule has 5 nitrogen and oxygen atoms in total. The highest BCUT2D eigenvalue weighted by Crippen LogP contribution is 2.10. The van der Waals surface area contributed by atoms with Gasteiger partial charge in [0.1, 0.15) is 0 Å². The third kappa shape index (κ3) is 5.87. The molecule has 2 aromatic heterocycles. The summed E-state index contributed by atoms with van der Waals surface area (Å²) in [4.78, 5) is 27.9. The van der Waals surface area contributed by atoms with Crippen LogP contribution in [0.3, 0.4) is 0 Å². The highest BCUT2D eigenvalue weighted by atomic mass is 32.2. The van der Waals surface area contributed by atoms with Gasteiger partial charge < -0.3 is 10.6 Å². The van der Waals surface area contributed by atoms with Crippen LogP contribution in [0.1, 0.15) is 15.2 Å². The Bertz CT molecular complexity index is 588. The van der Waals surface area contributed by atoms with E-state index in [0.717, 1.165) is 11.3 Å². The van der Waals surface area contributed by atoms with Crippen molar-refractivity contribution in [2.24, 2.45) is 0 Å². The van der Waals surface area contributed by atoms with E-state index in [1.165, 1.54) is 11.3 Å². The molecule has 0 saturated carbocycles. The summed E-state index contributed by atoms with van der Waals surface area (Å²) < 4.78 is 0. The topological polar surface area (TPSA) is 71.1 Å². The fourth-order valence-electron chi connectivity index (χ4n) is 1.66. The van der Waals surface area contributed by atoms with Crippen molar-refractivity contribution in [3.63, 3.8) is 0 Å². The van der Waals surface area contributed by atoms with Crippen LogP contribution in [-0.2, 0) is 10.5 Å². The maximum atomic E-state index is 11.7. The molecule has 2 amide bonds. The molecule has 0 spiro atoms. The van der Waals surface area contributed by atoms with Gasteiger partial charge in [-0.25, -0.2) is 0 Å². The molecule has 0 unspecified atom stereocenters. The van der Waals surface area contributed by atoms with Gasteiger partial charge in [-0.15, -0.1) is 23.1 Å². The standard InChI is InChI=1S/C15H17N3O2S2/c19-14(11-21-10-12-3-5-16-6-4-12)17-7-8-18-15(20)13-2-1-9-22-13/h1-6,9H,7-8,10-11H2,(H,17,19)(H,18,20). The molecular weight excluding hydrogens is 318 g/mol. The molecule has 0 aliphatic heterocycles. The number of pyridine rings is 1. The number of aromatic nitrogens is 1. The first kappa shape index (κ1) is 16.5. The second-order valence-corrected chi connectivity index (χ2v) is 6.36. The number of nitrogens with zero attached hydrogens (tertiary/aromatic N) is 1. The molecule has 22 heavy (non-hydrogen) atoms. The fraction of sp³-hybridized carbons (Fsp3) is 0.267. The highest BCUT2D eigenvalue weighted by Gasteiger charge is 2.05. The number of carbonyl (C=O) groups excluding carboxylic acids is 2. The molecule has 0 aliphatic carbocycles. The second kappa shape index (κ2) is 9.22. The van der Waals surface area contributed by atoms with Gasteiger partial charge in [-0.3, -0.25) is 14.6 Å². The van der Waals surface area contributed by atoms with Gasteiger partial charge in [-0.1, -0.05) is 6.07 Å². The number of rotatable bonds is 8. The lowest BCUT2D eigenvalue weighted by molar-refractivity contribution is -0.118. The first-order valence-electron chi connectivity index (χ1n) is 6.81. The van der Waals surface area contributed by atoms with Crippen molar-refractivity contribution in [3.05, 3.63) is 52.5 Å². The van der Waals surface area contributed by atoms with E-state index >= 15 is 0 Å². The summed E-state index contributed by atoms with van der Waals surface area (Å²) in [5, 5.41) is 7.41. The van der Waals surface area contributed by atoms with Crippen LogP contribution in [0.2, 0.25) is 0 Å². The Morgan fingerprint density at radius 3 is 2.64 bits per heavy atom. The van der Waals surface area contributed by atoms with Gasteiger partial charge in [0.05, 0.1) is 10.6 Å². The SMILES string of the molecule is O=C(CSCc1ccncc1)NCCNC(=O)c1cccs1. The van der Waals surface area contributed by atoms with Crippen LogP contribution >= 0.6 is 23.1 Å². The molecule has 2 N–H and O–H groups in total. The van der Waals surface area contributed by atoms with E-state index in [4.69, 9.17) is 0 Å². The third-order valence-electron chi connectivity index (χ3n) is 2.73.